The summed E-state index contributed by atoms with van der Waals surface area (Å²) in [6.07, 6.45) is 3.99. The fourth-order valence-electron chi connectivity index (χ4n) is 5.00. The molecular formula is C39H38BrF4IN6O2. The van der Waals surface area contributed by atoms with Crippen LogP contribution in [-0.2, 0) is 6.54 Å². The molecule has 4 N–H and O–H groups in total. The number of carbonyl (C=O) groups excluding carboxylic acids is 2. The van der Waals surface area contributed by atoms with Gasteiger partial charge in [-0.25, -0.2) is 17.6 Å². The summed E-state index contributed by atoms with van der Waals surface area (Å²) < 4.78 is 58.2. The molecule has 4 aromatic carbocycles. The van der Waals surface area contributed by atoms with E-state index in [1.165, 1.54) is 12.1 Å². The van der Waals surface area contributed by atoms with Crippen molar-refractivity contribution in [1.29, 1.82) is 0 Å². The van der Waals surface area contributed by atoms with E-state index in [4.69, 9.17) is 0 Å². The van der Waals surface area contributed by atoms with Gasteiger partial charge in [0.15, 0.2) is 23.3 Å². The number of rotatable bonds is 12. The molecule has 5 rings (SSSR count). The predicted molar refractivity (Wildman–Crippen MR) is 213 cm³/mol. The Morgan fingerprint density at radius 1 is 0.736 bits per heavy atom. The Bertz CT molecular complexity index is 2070. The fraction of sp³-hybridized carbons (Fsp3) is 0.205. The molecule has 8 nitrogen and oxygen atoms in total. The Balaban J connectivity index is 0.000000237. The summed E-state index contributed by atoms with van der Waals surface area (Å²) in [4.78, 5) is 30.9. The average molecular weight is 906 g/mol. The van der Waals surface area contributed by atoms with E-state index in [2.05, 4.69) is 64.8 Å². The Labute approximate surface area is 328 Å². The predicted octanol–water partition coefficient (Wildman–Crippen LogP) is 9.41. The van der Waals surface area contributed by atoms with Crippen LogP contribution in [0.3, 0.4) is 0 Å². The van der Waals surface area contributed by atoms with Crippen LogP contribution in [0.2, 0.25) is 0 Å². The second-order valence-electron chi connectivity index (χ2n) is 12.2. The lowest BCUT2D eigenvalue weighted by atomic mass is 10.1. The molecule has 2 amide bonds. The number of pyridine rings is 1. The van der Waals surface area contributed by atoms with Gasteiger partial charge in [-0.1, -0.05) is 15.9 Å². The van der Waals surface area contributed by atoms with Gasteiger partial charge in [0, 0.05) is 44.9 Å². The molecule has 53 heavy (non-hydrogen) atoms. The van der Waals surface area contributed by atoms with Crippen molar-refractivity contribution in [3.8, 4) is 0 Å². The molecule has 0 aliphatic carbocycles. The highest BCUT2D eigenvalue weighted by Crippen LogP contribution is 2.31. The lowest BCUT2D eigenvalue weighted by molar-refractivity contribution is 0.0944. The number of halogens is 6. The van der Waals surface area contributed by atoms with E-state index in [1.54, 1.807) is 42.7 Å². The first-order valence-corrected chi connectivity index (χ1v) is 18.2. The number of aryl methyl sites for hydroxylation is 2. The van der Waals surface area contributed by atoms with Gasteiger partial charge in [0.1, 0.15) is 0 Å². The molecule has 0 aliphatic rings. The van der Waals surface area contributed by atoms with Crippen molar-refractivity contribution in [2.24, 2.45) is 0 Å². The molecule has 0 saturated heterocycles. The van der Waals surface area contributed by atoms with Crippen molar-refractivity contribution < 1.29 is 27.2 Å². The molecule has 0 radical (unpaired) electrons. The minimum atomic E-state index is -1.09. The fourth-order valence-corrected chi connectivity index (χ4v) is 6.12. The van der Waals surface area contributed by atoms with E-state index in [9.17, 15) is 27.2 Å². The highest BCUT2D eigenvalue weighted by atomic mass is 127. The Morgan fingerprint density at radius 2 is 1.26 bits per heavy atom. The minimum Gasteiger partial charge on any atom is -0.352 e. The zero-order chi connectivity index (χ0) is 38.7. The standard InChI is InChI=1S/C20H16F2IN3O.C19H22BrF2N3O/c1-12-10-14(23)2-5-17(12)26-19-15(3-4-16(21)18(19)22)20(27)25-11-13-6-8-24-9-7-13;1-12-11-13(20)5-8-16(12)24-18-14(6-7-15(21)17(18)22)19(26)23-9-4-10-25(2)3/h2-10,26H,11H2,1H3,(H,25,27);5-8,11,24H,4,9-10H2,1-3H3,(H,23,26). The molecule has 14 heteroatoms. The second kappa shape index (κ2) is 19.5. The minimum absolute atomic E-state index is 0.0286. The highest BCUT2D eigenvalue weighted by molar-refractivity contribution is 14.1. The third-order valence-corrected chi connectivity index (χ3v) is 9.01. The van der Waals surface area contributed by atoms with Crippen LogP contribution in [0.5, 0.6) is 0 Å². The highest BCUT2D eigenvalue weighted by Gasteiger charge is 2.21. The molecule has 278 valence electrons. The van der Waals surface area contributed by atoms with E-state index < -0.39 is 35.1 Å². The van der Waals surface area contributed by atoms with E-state index in [0.717, 1.165) is 49.8 Å². The van der Waals surface area contributed by atoms with Gasteiger partial charge in [0.25, 0.3) is 11.8 Å². The maximum Gasteiger partial charge on any atom is 0.253 e. The summed E-state index contributed by atoms with van der Waals surface area (Å²) in [6.45, 7) is 5.21. The number of benzene rings is 4. The maximum atomic E-state index is 14.5. The summed E-state index contributed by atoms with van der Waals surface area (Å²) in [5.74, 6) is -5.15. The van der Waals surface area contributed by atoms with Gasteiger partial charge in [0.2, 0.25) is 0 Å². The number of hydrogen-bond acceptors (Lipinski definition) is 6. The van der Waals surface area contributed by atoms with Crippen LogP contribution in [0.25, 0.3) is 0 Å². The first-order chi connectivity index (χ1) is 25.2. The van der Waals surface area contributed by atoms with Crippen molar-refractivity contribution in [3.05, 3.63) is 144 Å². The van der Waals surface area contributed by atoms with E-state index in [1.807, 2.05) is 51.0 Å². The van der Waals surface area contributed by atoms with E-state index in [0.29, 0.717) is 17.9 Å². The van der Waals surface area contributed by atoms with Gasteiger partial charge in [0.05, 0.1) is 22.5 Å². The molecule has 0 aliphatic heterocycles. The lowest BCUT2D eigenvalue weighted by Gasteiger charge is -2.16. The third kappa shape index (κ3) is 11.7. The topological polar surface area (TPSA) is 98.4 Å². The average Bonchev–Trinajstić information content (AvgIpc) is 3.12. The zero-order valence-electron chi connectivity index (χ0n) is 29.4. The van der Waals surface area contributed by atoms with Crippen LogP contribution in [-0.4, -0.2) is 48.9 Å². The van der Waals surface area contributed by atoms with Crippen LogP contribution in [0, 0.1) is 40.7 Å². The van der Waals surface area contributed by atoms with Gasteiger partial charge in [-0.15, -0.1) is 0 Å². The SMILES string of the molecule is Cc1cc(Br)ccc1Nc1c(C(=O)NCCCN(C)C)ccc(F)c1F.Cc1cc(I)ccc1Nc1c(C(=O)NCc2ccncc2)ccc(F)c1F. The first-order valence-electron chi connectivity index (χ1n) is 16.4. The summed E-state index contributed by atoms with van der Waals surface area (Å²) in [7, 11) is 3.89. The molecular weight excluding hydrogens is 867 g/mol. The summed E-state index contributed by atoms with van der Waals surface area (Å²) in [5.41, 5.74) is 3.48. The molecule has 1 aromatic heterocycles. The van der Waals surface area contributed by atoms with Crippen molar-refractivity contribution >= 4 is 73.1 Å². The van der Waals surface area contributed by atoms with Gasteiger partial charge in [-0.3, -0.25) is 14.6 Å². The Hall–Kier alpha value is -4.54. The van der Waals surface area contributed by atoms with Crippen LogP contribution >= 0.6 is 38.5 Å². The summed E-state index contributed by atoms with van der Waals surface area (Å²) in [5, 5.41) is 11.2. The van der Waals surface area contributed by atoms with Crippen molar-refractivity contribution in [2.45, 2.75) is 26.8 Å². The van der Waals surface area contributed by atoms with Crippen LogP contribution in [0.4, 0.5) is 40.3 Å². The quantitative estimate of drug-likeness (QED) is 0.0567. The van der Waals surface area contributed by atoms with Gasteiger partial charge in [-0.05, 0) is 153 Å². The summed E-state index contributed by atoms with van der Waals surface area (Å²) >= 11 is 5.53. The maximum absolute atomic E-state index is 14.5. The number of carbonyl (C=O) groups is 2. The number of nitrogens with zero attached hydrogens (tertiary/aromatic N) is 2. The molecule has 0 saturated carbocycles. The van der Waals surface area contributed by atoms with Crippen LogP contribution in [0.15, 0.2) is 89.7 Å². The van der Waals surface area contributed by atoms with Crippen LogP contribution < -0.4 is 21.3 Å². The van der Waals surface area contributed by atoms with Crippen molar-refractivity contribution in [2.75, 3.05) is 37.8 Å². The zero-order valence-corrected chi connectivity index (χ0v) is 33.1. The first kappa shape index (κ1) is 41.2. The molecule has 1 heterocycles. The monoisotopic (exact) mass is 904 g/mol. The van der Waals surface area contributed by atoms with Crippen molar-refractivity contribution in [3.63, 3.8) is 0 Å². The molecule has 0 fully saturated rings. The number of aromatic nitrogens is 1. The van der Waals surface area contributed by atoms with Crippen molar-refractivity contribution in [1.82, 2.24) is 20.5 Å². The largest absolute Gasteiger partial charge is 0.352 e. The van der Waals surface area contributed by atoms with Gasteiger partial charge in [-0.2, -0.15) is 0 Å². The molecule has 0 atom stereocenters. The smallest absolute Gasteiger partial charge is 0.253 e. The van der Waals surface area contributed by atoms with Crippen LogP contribution in [0.1, 0.15) is 43.8 Å². The summed E-state index contributed by atoms with van der Waals surface area (Å²) in [6, 6.07) is 18.9. The molecule has 0 spiro atoms. The lowest BCUT2D eigenvalue weighted by Crippen LogP contribution is -2.28. The number of anilines is 4. The van der Waals surface area contributed by atoms with E-state index >= 15 is 0 Å². The van der Waals surface area contributed by atoms with Gasteiger partial charge < -0.3 is 26.2 Å². The number of nitrogens with one attached hydrogen (secondary N) is 4. The van der Waals surface area contributed by atoms with E-state index in [-0.39, 0.29) is 29.0 Å². The third-order valence-electron chi connectivity index (χ3n) is 7.85. The second-order valence-corrected chi connectivity index (χ2v) is 14.3. The normalized spacial score (nSPS) is 10.7. The molecule has 0 unspecified atom stereocenters. The number of hydrogen-bond donors (Lipinski definition) is 4. The number of amides is 2. The Morgan fingerprint density at radius 3 is 1.79 bits per heavy atom. The Kier molecular flexibility index (Phi) is 15.2. The van der Waals surface area contributed by atoms with Gasteiger partial charge >= 0.3 is 0 Å². The molecule has 0 bridgehead atoms. The molecule has 5 aromatic rings.